The van der Waals surface area contributed by atoms with Crippen molar-refractivity contribution < 1.29 is 4.79 Å². The molecule has 0 unspecified atom stereocenters. The van der Waals surface area contributed by atoms with E-state index >= 15 is 0 Å². The van der Waals surface area contributed by atoms with Crippen molar-refractivity contribution in [3.8, 4) is 11.4 Å². The van der Waals surface area contributed by atoms with E-state index in [0.717, 1.165) is 22.8 Å². The third-order valence-electron chi connectivity index (χ3n) is 5.36. The number of hydrogen-bond donors (Lipinski definition) is 0. The van der Waals surface area contributed by atoms with Crippen LogP contribution in [0.2, 0.25) is 0 Å². The van der Waals surface area contributed by atoms with Gasteiger partial charge in [0.05, 0.1) is 5.75 Å². The van der Waals surface area contributed by atoms with Crippen molar-refractivity contribution >= 4 is 23.2 Å². The summed E-state index contributed by atoms with van der Waals surface area (Å²) in [7, 11) is 3.93. The van der Waals surface area contributed by atoms with Gasteiger partial charge in [-0.3, -0.25) is 9.78 Å². The fourth-order valence-electron chi connectivity index (χ4n) is 3.78. The van der Waals surface area contributed by atoms with Gasteiger partial charge in [-0.15, -0.1) is 10.2 Å². The van der Waals surface area contributed by atoms with E-state index in [1.54, 1.807) is 18.5 Å². The fraction of sp³-hybridized carbons (Fsp3) is 0.273. The first kappa shape index (κ1) is 19.4. The minimum Gasteiger partial charge on any atom is -0.347 e. The lowest BCUT2D eigenvalue weighted by Crippen LogP contribution is -2.24. The van der Waals surface area contributed by atoms with Crippen LogP contribution < -0.4 is 4.90 Å². The Morgan fingerprint density at radius 1 is 1.10 bits per heavy atom. The Bertz CT molecular complexity index is 1090. The van der Waals surface area contributed by atoms with Gasteiger partial charge in [0.1, 0.15) is 0 Å². The zero-order valence-electron chi connectivity index (χ0n) is 17.0. The largest absolute Gasteiger partial charge is 0.347 e. The molecule has 1 aromatic carbocycles. The molecule has 0 atom stereocenters. The van der Waals surface area contributed by atoms with Crippen molar-refractivity contribution in [3.05, 3.63) is 66.1 Å². The number of anilines is 1. The van der Waals surface area contributed by atoms with Crippen LogP contribution in [0, 0.1) is 0 Å². The molecule has 6 nitrogen and oxygen atoms in total. The van der Waals surface area contributed by atoms with Gasteiger partial charge in [-0.25, -0.2) is 0 Å². The molecule has 0 fully saturated rings. The molecule has 29 heavy (non-hydrogen) atoms. The maximum absolute atomic E-state index is 12.8. The summed E-state index contributed by atoms with van der Waals surface area (Å²) < 4.78 is 1.90. The van der Waals surface area contributed by atoms with Gasteiger partial charge < -0.3 is 9.47 Å². The minimum atomic E-state index is -0.203. The molecule has 0 N–H and O–H groups in total. The molecular weight excluding hydrogens is 382 g/mol. The number of benzene rings is 1. The number of carbonyl (C=O) groups is 1. The Balaban J connectivity index is 1.50. The van der Waals surface area contributed by atoms with Crippen LogP contribution in [-0.2, 0) is 17.3 Å². The summed E-state index contributed by atoms with van der Waals surface area (Å²) in [4.78, 5) is 18.9. The number of aromatic nitrogens is 4. The average Bonchev–Trinajstić information content (AvgIpc) is 3.18. The fourth-order valence-corrected chi connectivity index (χ4v) is 4.52. The first-order chi connectivity index (χ1) is 13.9. The Morgan fingerprint density at radius 2 is 1.83 bits per heavy atom. The molecule has 148 valence electrons. The highest BCUT2D eigenvalue weighted by molar-refractivity contribution is 7.99. The van der Waals surface area contributed by atoms with E-state index in [1.165, 1.54) is 17.3 Å². The van der Waals surface area contributed by atoms with Crippen LogP contribution in [0.5, 0.6) is 0 Å². The van der Waals surface area contributed by atoms with Gasteiger partial charge in [-0.2, -0.15) is 0 Å². The number of hydrogen-bond acceptors (Lipinski definition) is 6. The summed E-state index contributed by atoms with van der Waals surface area (Å²) in [5, 5.41) is 9.22. The molecular formula is C22H23N5OS. The van der Waals surface area contributed by atoms with Crippen molar-refractivity contribution in [2.24, 2.45) is 7.05 Å². The molecule has 0 radical (unpaired) electrons. The lowest BCUT2D eigenvalue weighted by molar-refractivity contribution is -0.112. The van der Waals surface area contributed by atoms with Gasteiger partial charge >= 0.3 is 0 Å². The summed E-state index contributed by atoms with van der Waals surface area (Å²) in [6.07, 6.45) is 5.22. The van der Waals surface area contributed by atoms with Gasteiger partial charge in [0.2, 0.25) is 0 Å². The van der Waals surface area contributed by atoms with E-state index in [0.29, 0.717) is 10.9 Å². The molecule has 1 aliphatic heterocycles. The van der Waals surface area contributed by atoms with E-state index in [-0.39, 0.29) is 11.2 Å². The third-order valence-corrected chi connectivity index (χ3v) is 6.40. The van der Waals surface area contributed by atoms with Crippen molar-refractivity contribution in [2.45, 2.75) is 24.4 Å². The Kier molecular flexibility index (Phi) is 5.00. The lowest BCUT2D eigenvalue weighted by atomic mass is 9.83. The number of nitrogens with zero attached hydrogens (tertiary/aromatic N) is 5. The predicted octanol–water partition coefficient (Wildman–Crippen LogP) is 3.85. The topological polar surface area (TPSA) is 63.9 Å². The number of carbonyl (C=O) groups excluding carboxylic acids is 1. The second-order valence-electron chi connectivity index (χ2n) is 7.59. The molecule has 3 heterocycles. The smallest absolute Gasteiger partial charge is 0.191 e. The normalized spacial score (nSPS) is 16.3. The Morgan fingerprint density at radius 3 is 2.55 bits per heavy atom. The van der Waals surface area contributed by atoms with Crippen LogP contribution in [0.4, 0.5) is 5.69 Å². The molecule has 0 saturated carbocycles. The molecule has 0 spiro atoms. The number of allylic oxidation sites excluding steroid dienone is 2. The van der Waals surface area contributed by atoms with Gasteiger partial charge in [0, 0.05) is 54.9 Å². The molecule has 4 rings (SSSR count). The van der Waals surface area contributed by atoms with E-state index in [4.69, 9.17) is 0 Å². The monoisotopic (exact) mass is 405 g/mol. The SMILES string of the molecule is CN1C(=CC(=O)CSc2nnc(-c3ccncc3)n2C)C(C)(C)c2ccccc21. The molecule has 0 bridgehead atoms. The van der Waals surface area contributed by atoms with E-state index < -0.39 is 0 Å². The van der Waals surface area contributed by atoms with Crippen molar-refractivity contribution in [1.29, 1.82) is 0 Å². The number of para-hydroxylation sites is 1. The van der Waals surface area contributed by atoms with Crippen LogP contribution >= 0.6 is 11.8 Å². The van der Waals surface area contributed by atoms with Gasteiger partial charge in [0.15, 0.2) is 16.8 Å². The summed E-state index contributed by atoms with van der Waals surface area (Å²) in [6, 6.07) is 12.1. The summed E-state index contributed by atoms with van der Waals surface area (Å²) in [5.74, 6) is 1.13. The van der Waals surface area contributed by atoms with Crippen LogP contribution in [0.15, 0.2) is 65.7 Å². The van der Waals surface area contributed by atoms with Gasteiger partial charge in [-0.1, -0.05) is 43.8 Å². The van der Waals surface area contributed by atoms with Crippen LogP contribution in [0.25, 0.3) is 11.4 Å². The van der Waals surface area contributed by atoms with Crippen LogP contribution in [0.3, 0.4) is 0 Å². The number of fused-ring (bicyclic) bond motifs is 1. The average molecular weight is 406 g/mol. The standard InChI is InChI=1S/C22H23N5OS/c1-22(2)17-7-5-6-8-18(17)26(3)19(22)13-16(28)14-29-21-25-24-20(27(21)4)15-9-11-23-12-10-15/h5-13H,14H2,1-4H3. The molecule has 3 aromatic rings. The highest BCUT2D eigenvalue weighted by atomic mass is 32.2. The van der Waals surface area contributed by atoms with Gasteiger partial charge in [-0.05, 0) is 23.8 Å². The van der Waals surface area contributed by atoms with Gasteiger partial charge in [0.25, 0.3) is 0 Å². The first-order valence-electron chi connectivity index (χ1n) is 9.40. The zero-order valence-corrected chi connectivity index (χ0v) is 17.8. The zero-order chi connectivity index (χ0) is 20.6. The Labute approximate surface area is 174 Å². The number of likely N-dealkylation sites (N-methyl/N-ethyl adjacent to an activating group) is 1. The second-order valence-corrected chi connectivity index (χ2v) is 8.53. The number of ketones is 1. The second kappa shape index (κ2) is 7.48. The van der Waals surface area contributed by atoms with E-state index in [2.05, 4.69) is 46.1 Å². The maximum Gasteiger partial charge on any atom is 0.191 e. The maximum atomic E-state index is 12.8. The molecule has 2 aromatic heterocycles. The van der Waals surface area contributed by atoms with Crippen molar-refractivity contribution in [2.75, 3.05) is 17.7 Å². The Hall–Kier alpha value is -2.93. The summed E-state index contributed by atoms with van der Waals surface area (Å²) in [5.41, 5.74) is 4.15. The highest BCUT2D eigenvalue weighted by Gasteiger charge is 2.38. The molecule has 0 aliphatic carbocycles. The number of thioether (sulfide) groups is 1. The number of rotatable bonds is 5. The molecule has 7 heteroatoms. The van der Waals surface area contributed by atoms with E-state index in [9.17, 15) is 4.79 Å². The summed E-state index contributed by atoms with van der Waals surface area (Å²) >= 11 is 1.40. The van der Waals surface area contributed by atoms with Crippen molar-refractivity contribution in [3.63, 3.8) is 0 Å². The number of pyridine rings is 1. The quantitative estimate of drug-likeness (QED) is 0.475. The van der Waals surface area contributed by atoms with E-state index in [1.807, 2.05) is 42.9 Å². The van der Waals surface area contributed by atoms with Crippen molar-refractivity contribution in [1.82, 2.24) is 19.7 Å². The lowest BCUT2D eigenvalue weighted by Gasteiger charge is -2.23. The van der Waals surface area contributed by atoms with Crippen LogP contribution in [-0.4, -0.2) is 38.3 Å². The summed E-state index contributed by atoms with van der Waals surface area (Å²) in [6.45, 7) is 4.32. The third kappa shape index (κ3) is 3.46. The first-order valence-corrected chi connectivity index (χ1v) is 10.4. The molecule has 0 saturated heterocycles. The minimum absolute atomic E-state index is 0.0613. The molecule has 1 aliphatic rings. The predicted molar refractivity (Wildman–Crippen MR) is 116 cm³/mol. The highest BCUT2D eigenvalue weighted by Crippen LogP contribution is 2.46. The molecule has 0 amide bonds. The van der Waals surface area contributed by atoms with Crippen LogP contribution in [0.1, 0.15) is 19.4 Å².